The highest BCUT2D eigenvalue weighted by Gasteiger charge is 2.22. The Morgan fingerprint density at radius 1 is 1.23 bits per heavy atom. The predicted molar refractivity (Wildman–Crippen MR) is 100 cm³/mol. The van der Waals surface area contributed by atoms with Gasteiger partial charge in [0, 0.05) is 31.5 Å². The number of nitrogens with zero attached hydrogens (tertiary/aromatic N) is 2. The summed E-state index contributed by atoms with van der Waals surface area (Å²) in [6.45, 7) is 6.04. The van der Waals surface area contributed by atoms with Crippen LogP contribution in [0, 0.1) is 25.6 Å². The highest BCUT2D eigenvalue weighted by molar-refractivity contribution is 5.74. The van der Waals surface area contributed by atoms with E-state index in [1.807, 2.05) is 43.1 Å². The quantitative estimate of drug-likeness (QED) is 0.901. The van der Waals surface area contributed by atoms with Gasteiger partial charge in [-0.1, -0.05) is 12.1 Å². The van der Waals surface area contributed by atoms with Crippen molar-refractivity contribution in [2.24, 2.45) is 5.92 Å². The minimum Gasteiger partial charge on any atom is -0.334 e. The van der Waals surface area contributed by atoms with Crippen molar-refractivity contribution in [3.05, 3.63) is 64.7 Å². The van der Waals surface area contributed by atoms with E-state index in [1.165, 1.54) is 12.1 Å². The number of pyridine rings is 1. The normalized spacial score (nSPS) is 15.1. The van der Waals surface area contributed by atoms with E-state index in [1.54, 1.807) is 0 Å². The van der Waals surface area contributed by atoms with Crippen LogP contribution < -0.4 is 5.32 Å². The fraction of sp³-hybridized carbons (Fsp3) is 0.429. The van der Waals surface area contributed by atoms with Gasteiger partial charge in [-0.3, -0.25) is 4.98 Å². The molecule has 3 rings (SSSR count). The standard InChI is InChI=1S/C21H26FN3O/c1-15-11-16(2)23-13-19(15)14-24-21(26)25-9-7-18(8-10-25)12-17-3-5-20(22)6-4-17/h3-6,11,13,18H,7-10,12,14H2,1-2H3,(H,24,26). The van der Waals surface area contributed by atoms with Gasteiger partial charge in [0.2, 0.25) is 0 Å². The smallest absolute Gasteiger partial charge is 0.317 e. The Bertz CT molecular complexity index is 752. The molecule has 0 aliphatic carbocycles. The zero-order valence-electron chi connectivity index (χ0n) is 15.5. The summed E-state index contributed by atoms with van der Waals surface area (Å²) < 4.78 is 13.0. The molecule has 5 heteroatoms. The number of aryl methyl sites for hydroxylation is 2. The first kappa shape index (κ1) is 18.4. The molecule has 26 heavy (non-hydrogen) atoms. The second kappa shape index (κ2) is 8.30. The van der Waals surface area contributed by atoms with E-state index in [0.717, 1.165) is 54.7 Å². The van der Waals surface area contributed by atoms with Gasteiger partial charge in [-0.05, 0) is 73.9 Å². The molecule has 4 nitrogen and oxygen atoms in total. The third-order valence-corrected chi connectivity index (χ3v) is 5.13. The van der Waals surface area contributed by atoms with Crippen molar-refractivity contribution in [3.8, 4) is 0 Å². The van der Waals surface area contributed by atoms with Crippen LogP contribution in [0.25, 0.3) is 0 Å². The van der Waals surface area contributed by atoms with Gasteiger partial charge in [0.1, 0.15) is 5.82 Å². The molecule has 1 N–H and O–H groups in total. The lowest BCUT2D eigenvalue weighted by Crippen LogP contribution is -2.44. The highest BCUT2D eigenvalue weighted by atomic mass is 19.1. The molecule has 1 saturated heterocycles. The Labute approximate surface area is 154 Å². The first-order valence-electron chi connectivity index (χ1n) is 9.20. The molecule has 1 aromatic heterocycles. The lowest BCUT2D eigenvalue weighted by molar-refractivity contribution is 0.170. The minimum absolute atomic E-state index is 0.00907. The molecular formula is C21H26FN3O. The summed E-state index contributed by atoms with van der Waals surface area (Å²) in [4.78, 5) is 18.6. The monoisotopic (exact) mass is 355 g/mol. The number of hydrogen-bond donors (Lipinski definition) is 1. The van der Waals surface area contributed by atoms with E-state index in [4.69, 9.17) is 0 Å². The first-order valence-corrected chi connectivity index (χ1v) is 9.20. The second-order valence-corrected chi connectivity index (χ2v) is 7.17. The average Bonchev–Trinajstić information content (AvgIpc) is 2.63. The number of amides is 2. The van der Waals surface area contributed by atoms with Gasteiger partial charge in [0.05, 0.1) is 0 Å². The van der Waals surface area contributed by atoms with Crippen LogP contribution in [0.15, 0.2) is 36.5 Å². The molecular weight excluding hydrogens is 329 g/mol. The first-order chi connectivity index (χ1) is 12.5. The van der Waals surface area contributed by atoms with Crippen molar-refractivity contribution < 1.29 is 9.18 Å². The maximum absolute atomic E-state index is 13.0. The third kappa shape index (κ3) is 4.81. The summed E-state index contributed by atoms with van der Waals surface area (Å²) in [6, 6.07) is 8.76. The van der Waals surface area contributed by atoms with Gasteiger partial charge >= 0.3 is 6.03 Å². The molecule has 2 aromatic rings. The molecule has 1 aliphatic heterocycles. The van der Waals surface area contributed by atoms with E-state index in [2.05, 4.69) is 10.3 Å². The Kier molecular flexibility index (Phi) is 5.86. The number of hydrogen-bond acceptors (Lipinski definition) is 2. The van der Waals surface area contributed by atoms with Crippen LogP contribution in [-0.4, -0.2) is 29.0 Å². The second-order valence-electron chi connectivity index (χ2n) is 7.17. The Morgan fingerprint density at radius 3 is 2.58 bits per heavy atom. The molecule has 0 bridgehead atoms. The lowest BCUT2D eigenvalue weighted by Gasteiger charge is -2.32. The number of urea groups is 1. The number of piperidine rings is 1. The maximum atomic E-state index is 13.0. The van der Waals surface area contributed by atoms with Crippen molar-refractivity contribution in [1.82, 2.24) is 15.2 Å². The van der Waals surface area contributed by atoms with Crippen molar-refractivity contribution in [2.75, 3.05) is 13.1 Å². The fourth-order valence-electron chi connectivity index (χ4n) is 3.49. The van der Waals surface area contributed by atoms with Crippen LogP contribution >= 0.6 is 0 Å². The summed E-state index contributed by atoms with van der Waals surface area (Å²) in [7, 11) is 0. The Morgan fingerprint density at radius 2 is 1.92 bits per heavy atom. The zero-order valence-corrected chi connectivity index (χ0v) is 15.5. The van der Waals surface area contributed by atoms with Crippen molar-refractivity contribution in [2.45, 2.75) is 39.7 Å². The summed E-state index contributed by atoms with van der Waals surface area (Å²) in [5.74, 6) is 0.354. The number of likely N-dealkylation sites (tertiary alicyclic amines) is 1. The van der Waals surface area contributed by atoms with E-state index in [0.29, 0.717) is 12.5 Å². The number of nitrogens with one attached hydrogen (secondary N) is 1. The zero-order chi connectivity index (χ0) is 18.5. The molecule has 1 fully saturated rings. The molecule has 1 aromatic carbocycles. The van der Waals surface area contributed by atoms with Gasteiger partial charge < -0.3 is 10.2 Å². The lowest BCUT2D eigenvalue weighted by atomic mass is 9.90. The van der Waals surface area contributed by atoms with E-state index in [-0.39, 0.29) is 11.8 Å². The van der Waals surface area contributed by atoms with Crippen LogP contribution in [0.3, 0.4) is 0 Å². The molecule has 1 aliphatic rings. The molecule has 138 valence electrons. The third-order valence-electron chi connectivity index (χ3n) is 5.13. The number of aromatic nitrogens is 1. The number of benzene rings is 1. The van der Waals surface area contributed by atoms with Crippen molar-refractivity contribution in [1.29, 1.82) is 0 Å². The molecule has 2 amide bonds. The summed E-state index contributed by atoms with van der Waals surface area (Å²) in [5, 5.41) is 3.01. The summed E-state index contributed by atoms with van der Waals surface area (Å²) in [6.07, 6.45) is 4.75. The number of rotatable bonds is 4. The number of carbonyl (C=O) groups excluding carboxylic acids is 1. The Hall–Kier alpha value is -2.43. The largest absolute Gasteiger partial charge is 0.334 e. The number of carbonyl (C=O) groups is 1. The van der Waals surface area contributed by atoms with Crippen LogP contribution in [0.1, 0.15) is 35.2 Å². The molecule has 0 radical (unpaired) electrons. The SMILES string of the molecule is Cc1cc(C)c(CNC(=O)N2CCC(Cc3ccc(F)cc3)CC2)cn1. The van der Waals surface area contributed by atoms with Gasteiger partial charge in [0.25, 0.3) is 0 Å². The van der Waals surface area contributed by atoms with Crippen LogP contribution in [0.4, 0.5) is 9.18 Å². The topological polar surface area (TPSA) is 45.2 Å². The van der Waals surface area contributed by atoms with Gasteiger partial charge in [-0.2, -0.15) is 0 Å². The van der Waals surface area contributed by atoms with Gasteiger partial charge in [-0.25, -0.2) is 9.18 Å². The van der Waals surface area contributed by atoms with Crippen molar-refractivity contribution in [3.63, 3.8) is 0 Å². The predicted octanol–water partition coefficient (Wildman–Crippen LogP) is 4.00. The number of halogens is 1. The highest BCUT2D eigenvalue weighted by Crippen LogP contribution is 2.22. The van der Waals surface area contributed by atoms with Crippen LogP contribution in [0.2, 0.25) is 0 Å². The molecule has 2 heterocycles. The maximum Gasteiger partial charge on any atom is 0.317 e. The molecule has 0 unspecified atom stereocenters. The van der Waals surface area contributed by atoms with Gasteiger partial charge in [0.15, 0.2) is 0 Å². The molecule has 0 atom stereocenters. The summed E-state index contributed by atoms with van der Waals surface area (Å²) in [5.41, 5.74) is 4.35. The van der Waals surface area contributed by atoms with Crippen LogP contribution in [-0.2, 0) is 13.0 Å². The minimum atomic E-state index is -0.195. The fourth-order valence-corrected chi connectivity index (χ4v) is 3.49. The molecule has 0 saturated carbocycles. The molecule has 0 spiro atoms. The van der Waals surface area contributed by atoms with E-state index < -0.39 is 0 Å². The average molecular weight is 355 g/mol. The van der Waals surface area contributed by atoms with Crippen LogP contribution in [0.5, 0.6) is 0 Å². The van der Waals surface area contributed by atoms with E-state index in [9.17, 15) is 9.18 Å². The van der Waals surface area contributed by atoms with Crippen molar-refractivity contribution >= 4 is 6.03 Å². The van der Waals surface area contributed by atoms with E-state index >= 15 is 0 Å². The van der Waals surface area contributed by atoms with Gasteiger partial charge in [-0.15, -0.1) is 0 Å². The Balaban J connectivity index is 1.45. The summed E-state index contributed by atoms with van der Waals surface area (Å²) >= 11 is 0.